The van der Waals surface area contributed by atoms with E-state index in [0.717, 1.165) is 27.8 Å². The first-order chi connectivity index (χ1) is 11.6. The largest absolute Gasteiger partial charge is 0.454 e. The number of nitrogens with zero attached hydrogens (tertiary/aromatic N) is 1. The summed E-state index contributed by atoms with van der Waals surface area (Å²) in [6.07, 6.45) is 1.75. The number of fused-ring (bicyclic) bond motifs is 1. The standard InChI is InChI=1S/C21H16FNO/c1-13-7-14(2)9-16(8-13)19-10-17-11-20(24-21(17)12-23-19)15-3-5-18(22)6-4-15/h3-12H,1-2H3. The second-order valence-corrected chi connectivity index (χ2v) is 6.10. The molecule has 0 bridgehead atoms. The molecule has 0 amide bonds. The Morgan fingerprint density at radius 3 is 2.25 bits per heavy atom. The SMILES string of the molecule is Cc1cc(C)cc(-c2cc3cc(-c4ccc(F)cc4)oc3cn2)c1. The molecule has 0 atom stereocenters. The fourth-order valence-corrected chi connectivity index (χ4v) is 2.98. The monoisotopic (exact) mass is 317 g/mol. The topological polar surface area (TPSA) is 26.0 Å². The van der Waals surface area contributed by atoms with Crippen molar-refractivity contribution in [3.8, 4) is 22.6 Å². The maximum Gasteiger partial charge on any atom is 0.153 e. The van der Waals surface area contributed by atoms with E-state index < -0.39 is 0 Å². The number of hydrogen-bond donors (Lipinski definition) is 0. The summed E-state index contributed by atoms with van der Waals surface area (Å²) in [5.74, 6) is 0.456. The van der Waals surface area contributed by atoms with Crippen LogP contribution in [-0.4, -0.2) is 4.98 Å². The number of pyridine rings is 1. The van der Waals surface area contributed by atoms with E-state index >= 15 is 0 Å². The molecule has 0 saturated carbocycles. The maximum absolute atomic E-state index is 13.1. The second-order valence-electron chi connectivity index (χ2n) is 6.10. The van der Waals surface area contributed by atoms with Gasteiger partial charge < -0.3 is 4.42 Å². The lowest BCUT2D eigenvalue weighted by atomic mass is 10.0. The number of rotatable bonds is 2. The number of halogens is 1. The minimum Gasteiger partial charge on any atom is -0.454 e. The Bertz CT molecular complexity index is 1010. The third kappa shape index (κ3) is 2.69. The van der Waals surface area contributed by atoms with E-state index in [2.05, 4.69) is 37.0 Å². The summed E-state index contributed by atoms with van der Waals surface area (Å²) in [5.41, 5.74) is 6.01. The molecule has 0 aliphatic carbocycles. The summed E-state index contributed by atoms with van der Waals surface area (Å²) in [6, 6.07) is 16.7. The van der Waals surface area contributed by atoms with Crippen molar-refractivity contribution in [1.82, 2.24) is 4.98 Å². The molecule has 0 fully saturated rings. The molecule has 24 heavy (non-hydrogen) atoms. The molecule has 2 nitrogen and oxygen atoms in total. The zero-order valence-corrected chi connectivity index (χ0v) is 13.5. The number of aryl methyl sites for hydroxylation is 2. The van der Waals surface area contributed by atoms with Crippen LogP contribution in [0.15, 0.2) is 65.2 Å². The van der Waals surface area contributed by atoms with Crippen molar-refractivity contribution >= 4 is 11.0 Å². The molecule has 0 saturated heterocycles. The third-order valence-electron chi connectivity index (χ3n) is 4.05. The molecule has 0 N–H and O–H groups in total. The lowest BCUT2D eigenvalue weighted by Crippen LogP contribution is -1.85. The molecule has 3 heteroatoms. The van der Waals surface area contributed by atoms with Crippen molar-refractivity contribution in [1.29, 1.82) is 0 Å². The van der Waals surface area contributed by atoms with E-state index in [9.17, 15) is 4.39 Å². The van der Waals surface area contributed by atoms with E-state index in [1.54, 1.807) is 18.3 Å². The molecule has 2 aromatic carbocycles. The van der Waals surface area contributed by atoms with Crippen molar-refractivity contribution in [2.24, 2.45) is 0 Å². The predicted octanol–water partition coefficient (Wildman–Crippen LogP) is 5.92. The lowest BCUT2D eigenvalue weighted by Gasteiger charge is -2.04. The molecule has 2 aromatic heterocycles. The Morgan fingerprint density at radius 1 is 0.833 bits per heavy atom. The van der Waals surface area contributed by atoms with Crippen LogP contribution in [-0.2, 0) is 0 Å². The molecule has 4 rings (SSSR count). The first kappa shape index (κ1) is 14.6. The number of hydrogen-bond acceptors (Lipinski definition) is 2. The van der Waals surface area contributed by atoms with Crippen LogP contribution in [0.5, 0.6) is 0 Å². The average Bonchev–Trinajstić information content (AvgIpc) is 2.97. The lowest BCUT2D eigenvalue weighted by molar-refractivity contribution is 0.622. The molecular weight excluding hydrogens is 301 g/mol. The van der Waals surface area contributed by atoms with Gasteiger partial charge in [0.2, 0.25) is 0 Å². The number of aromatic nitrogens is 1. The Balaban J connectivity index is 1.79. The molecular formula is C21H16FNO. The van der Waals surface area contributed by atoms with Gasteiger partial charge in [-0.05, 0) is 62.4 Å². The van der Waals surface area contributed by atoms with Crippen LogP contribution in [0.4, 0.5) is 4.39 Å². The fraction of sp³-hybridized carbons (Fsp3) is 0.0952. The van der Waals surface area contributed by atoms with Gasteiger partial charge in [-0.3, -0.25) is 4.98 Å². The molecule has 4 aromatic rings. The van der Waals surface area contributed by atoms with E-state index in [1.165, 1.54) is 23.3 Å². The quantitative estimate of drug-likeness (QED) is 0.459. The van der Waals surface area contributed by atoms with Crippen LogP contribution in [0.1, 0.15) is 11.1 Å². The molecule has 0 aliphatic rings. The zero-order valence-electron chi connectivity index (χ0n) is 13.5. The van der Waals surface area contributed by atoms with Crippen LogP contribution in [0.25, 0.3) is 33.6 Å². The van der Waals surface area contributed by atoms with E-state index in [0.29, 0.717) is 5.76 Å². The van der Waals surface area contributed by atoms with E-state index in [-0.39, 0.29) is 5.82 Å². The second kappa shape index (κ2) is 5.60. The van der Waals surface area contributed by atoms with Gasteiger partial charge in [-0.15, -0.1) is 0 Å². The van der Waals surface area contributed by atoms with Crippen molar-refractivity contribution in [2.45, 2.75) is 13.8 Å². The van der Waals surface area contributed by atoms with Gasteiger partial charge in [0.25, 0.3) is 0 Å². The van der Waals surface area contributed by atoms with Gasteiger partial charge in [0, 0.05) is 16.5 Å². The highest BCUT2D eigenvalue weighted by molar-refractivity contribution is 5.85. The average molecular weight is 317 g/mol. The minimum absolute atomic E-state index is 0.256. The molecule has 0 radical (unpaired) electrons. The van der Waals surface area contributed by atoms with Gasteiger partial charge in [-0.2, -0.15) is 0 Å². The Labute approximate surface area is 139 Å². The van der Waals surface area contributed by atoms with E-state index in [1.807, 2.05) is 12.1 Å². The van der Waals surface area contributed by atoms with Crippen molar-refractivity contribution in [3.63, 3.8) is 0 Å². The van der Waals surface area contributed by atoms with Gasteiger partial charge in [0.1, 0.15) is 11.6 Å². The summed E-state index contributed by atoms with van der Waals surface area (Å²) in [4.78, 5) is 4.53. The van der Waals surface area contributed by atoms with Crippen LogP contribution in [0, 0.1) is 19.7 Å². The van der Waals surface area contributed by atoms with Gasteiger partial charge in [0.05, 0.1) is 11.9 Å². The molecule has 0 unspecified atom stereocenters. The highest BCUT2D eigenvalue weighted by Crippen LogP contribution is 2.30. The van der Waals surface area contributed by atoms with Crippen molar-refractivity contribution < 1.29 is 8.81 Å². The summed E-state index contributed by atoms with van der Waals surface area (Å²) in [5, 5.41) is 0.985. The predicted molar refractivity (Wildman–Crippen MR) is 94.3 cm³/mol. The fourth-order valence-electron chi connectivity index (χ4n) is 2.98. The van der Waals surface area contributed by atoms with Crippen LogP contribution < -0.4 is 0 Å². The van der Waals surface area contributed by atoms with Crippen LogP contribution >= 0.6 is 0 Å². The highest BCUT2D eigenvalue weighted by atomic mass is 19.1. The van der Waals surface area contributed by atoms with Crippen LogP contribution in [0.3, 0.4) is 0 Å². The number of furan rings is 1. The molecule has 0 aliphatic heterocycles. The summed E-state index contributed by atoms with van der Waals surface area (Å²) >= 11 is 0. The smallest absolute Gasteiger partial charge is 0.153 e. The Hall–Kier alpha value is -2.94. The zero-order chi connectivity index (χ0) is 16.7. The third-order valence-corrected chi connectivity index (χ3v) is 4.05. The number of benzene rings is 2. The molecule has 2 heterocycles. The van der Waals surface area contributed by atoms with Gasteiger partial charge >= 0.3 is 0 Å². The molecule has 118 valence electrons. The van der Waals surface area contributed by atoms with Crippen molar-refractivity contribution in [2.75, 3.05) is 0 Å². The summed E-state index contributed by atoms with van der Waals surface area (Å²) in [7, 11) is 0. The van der Waals surface area contributed by atoms with Gasteiger partial charge in [-0.1, -0.05) is 17.2 Å². The first-order valence-corrected chi connectivity index (χ1v) is 7.83. The highest BCUT2D eigenvalue weighted by Gasteiger charge is 2.09. The Kier molecular flexibility index (Phi) is 3.42. The van der Waals surface area contributed by atoms with Gasteiger partial charge in [-0.25, -0.2) is 4.39 Å². The maximum atomic E-state index is 13.1. The van der Waals surface area contributed by atoms with Crippen LogP contribution in [0.2, 0.25) is 0 Å². The summed E-state index contributed by atoms with van der Waals surface area (Å²) in [6.45, 7) is 4.17. The minimum atomic E-state index is -0.256. The summed E-state index contributed by atoms with van der Waals surface area (Å²) < 4.78 is 18.9. The van der Waals surface area contributed by atoms with E-state index in [4.69, 9.17) is 4.42 Å². The first-order valence-electron chi connectivity index (χ1n) is 7.83. The Morgan fingerprint density at radius 2 is 1.54 bits per heavy atom. The van der Waals surface area contributed by atoms with Gasteiger partial charge in [0.15, 0.2) is 5.58 Å². The van der Waals surface area contributed by atoms with Crippen molar-refractivity contribution in [3.05, 3.63) is 77.7 Å². The molecule has 0 spiro atoms. The normalized spacial score (nSPS) is 11.1.